The molecule has 0 saturated heterocycles. The van der Waals surface area contributed by atoms with Crippen LogP contribution < -0.4 is 10.1 Å². The minimum absolute atomic E-state index is 0.0822. The van der Waals surface area contributed by atoms with Gasteiger partial charge in [-0.2, -0.15) is 0 Å². The van der Waals surface area contributed by atoms with Gasteiger partial charge in [-0.15, -0.1) is 0 Å². The molecule has 0 amide bonds. The molecule has 1 aromatic rings. The molecule has 0 bridgehead atoms. The summed E-state index contributed by atoms with van der Waals surface area (Å²) in [5.74, 6) is 0.756. The van der Waals surface area contributed by atoms with E-state index in [1.165, 1.54) is 0 Å². The van der Waals surface area contributed by atoms with Gasteiger partial charge in [0.15, 0.2) is 0 Å². The van der Waals surface area contributed by atoms with Gasteiger partial charge in [0.1, 0.15) is 12.4 Å². The number of aliphatic hydroxyl groups is 1. The number of pyridine rings is 1. The highest BCUT2D eigenvalue weighted by Gasteiger charge is 2.18. The normalized spacial score (nSPS) is 13.2. The van der Waals surface area contributed by atoms with Gasteiger partial charge in [-0.1, -0.05) is 20.8 Å². The van der Waals surface area contributed by atoms with Crippen LogP contribution in [0.3, 0.4) is 0 Å². The Labute approximate surface area is 134 Å². The van der Waals surface area contributed by atoms with Crippen LogP contribution >= 0.6 is 0 Å². The van der Waals surface area contributed by atoms with Gasteiger partial charge in [-0.3, -0.25) is 4.98 Å². The van der Waals surface area contributed by atoms with Crippen molar-refractivity contribution >= 4 is 0 Å². The lowest BCUT2D eigenvalue weighted by Gasteiger charge is -2.25. The second-order valence-corrected chi connectivity index (χ2v) is 6.80. The van der Waals surface area contributed by atoms with Gasteiger partial charge < -0.3 is 19.9 Å². The summed E-state index contributed by atoms with van der Waals surface area (Å²) in [5, 5.41) is 12.9. The van der Waals surface area contributed by atoms with Crippen LogP contribution in [0, 0.1) is 12.3 Å². The first-order valence-electron chi connectivity index (χ1n) is 7.77. The highest BCUT2D eigenvalue weighted by molar-refractivity contribution is 5.28. The van der Waals surface area contributed by atoms with Crippen molar-refractivity contribution in [2.45, 2.75) is 46.7 Å². The number of hydrogen-bond donors (Lipinski definition) is 2. The van der Waals surface area contributed by atoms with Gasteiger partial charge in [0.05, 0.1) is 25.1 Å². The zero-order chi connectivity index (χ0) is 16.6. The third-order valence-corrected chi connectivity index (χ3v) is 3.36. The zero-order valence-electron chi connectivity index (χ0n) is 14.5. The van der Waals surface area contributed by atoms with Crippen LogP contribution in [-0.2, 0) is 11.3 Å². The topological polar surface area (TPSA) is 63.6 Å². The Hall–Kier alpha value is -1.17. The van der Waals surface area contributed by atoms with Crippen molar-refractivity contribution in [3.63, 3.8) is 0 Å². The minimum atomic E-state index is 0.0822. The second kappa shape index (κ2) is 9.08. The molecular formula is C17H30N2O3. The van der Waals surface area contributed by atoms with E-state index in [1.54, 1.807) is 13.3 Å². The molecule has 1 atom stereocenters. The molecule has 0 spiro atoms. The van der Waals surface area contributed by atoms with Crippen molar-refractivity contribution in [1.29, 1.82) is 0 Å². The fourth-order valence-corrected chi connectivity index (χ4v) is 2.27. The van der Waals surface area contributed by atoms with Crippen molar-refractivity contribution in [2.75, 3.05) is 26.9 Å². The molecule has 2 N–H and O–H groups in total. The van der Waals surface area contributed by atoms with Crippen LogP contribution in [0.1, 0.15) is 38.4 Å². The first-order valence-corrected chi connectivity index (χ1v) is 7.77. The Morgan fingerprint density at radius 3 is 2.59 bits per heavy atom. The van der Waals surface area contributed by atoms with E-state index < -0.39 is 0 Å². The summed E-state index contributed by atoms with van der Waals surface area (Å²) in [6, 6.07) is 2.07. The molecule has 5 nitrogen and oxygen atoms in total. The number of aliphatic hydroxyl groups excluding tert-OH is 1. The van der Waals surface area contributed by atoms with E-state index in [4.69, 9.17) is 9.47 Å². The summed E-state index contributed by atoms with van der Waals surface area (Å²) in [7, 11) is 1.65. The molecule has 22 heavy (non-hydrogen) atoms. The number of methoxy groups -OCH3 is 1. The largest absolute Gasteiger partial charge is 0.490 e. The number of nitrogens with zero attached hydrogens (tertiary/aromatic N) is 1. The SMILES string of the molecule is COCCOc1cnc(CN[C@@H](CO)CC(C)(C)C)c(C)c1. The summed E-state index contributed by atoms with van der Waals surface area (Å²) in [5.41, 5.74) is 2.24. The third-order valence-electron chi connectivity index (χ3n) is 3.36. The average Bonchev–Trinajstić information content (AvgIpc) is 2.44. The van der Waals surface area contributed by atoms with E-state index in [0.29, 0.717) is 19.8 Å². The van der Waals surface area contributed by atoms with Gasteiger partial charge in [0, 0.05) is 19.7 Å². The summed E-state index contributed by atoms with van der Waals surface area (Å²) in [6.07, 6.45) is 2.65. The maximum absolute atomic E-state index is 9.49. The Bertz CT molecular complexity index is 444. The molecule has 0 aliphatic heterocycles. The van der Waals surface area contributed by atoms with Crippen molar-refractivity contribution < 1.29 is 14.6 Å². The molecule has 126 valence electrons. The van der Waals surface area contributed by atoms with E-state index in [1.807, 2.05) is 13.0 Å². The van der Waals surface area contributed by atoms with Gasteiger partial charge in [0.25, 0.3) is 0 Å². The first kappa shape index (κ1) is 18.9. The Morgan fingerprint density at radius 2 is 2.05 bits per heavy atom. The fraction of sp³-hybridized carbons (Fsp3) is 0.706. The van der Waals surface area contributed by atoms with Gasteiger partial charge in [0.2, 0.25) is 0 Å². The molecule has 1 aromatic heterocycles. The minimum Gasteiger partial charge on any atom is -0.490 e. The third kappa shape index (κ3) is 7.20. The van der Waals surface area contributed by atoms with E-state index >= 15 is 0 Å². The zero-order valence-corrected chi connectivity index (χ0v) is 14.5. The molecule has 0 aliphatic carbocycles. The standard InChI is InChI=1S/C17H30N2O3/c1-13-8-15(22-7-6-21-5)10-19-16(13)11-18-14(12-20)9-17(2,3)4/h8,10,14,18,20H,6-7,9,11-12H2,1-5H3/t14-/m1/s1. The van der Waals surface area contributed by atoms with Gasteiger partial charge in [-0.25, -0.2) is 0 Å². The number of aromatic nitrogens is 1. The summed E-state index contributed by atoms with van der Waals surface area (Å²) in [6.45, 7) is 10.4. The van der Waals surface area contributed by atoms with E-state index in [2.05, 4.69) is 31.1 Å². The molecule has 5 heteroatoms. The van der Waals surface area contributed by atoms with E-state index in [9.17, 15) is 5.11 Å². The lowest BCUT2D eigenvalue weighted by atomic mass is 9.88. The van der Waals surface area contributed by atoms with Crippen LogP contribution in [0.4, 0.5) is 0 Å². The summed E-state index contributed by atoms with van der Waals surface area (Å²) in [4.78, 5) is 4.45. The maximum Gasteiger partial charge on any atom is 0.137 e. The number of hydrogen-bond acceptors (Lipinski definition) is 5. The van der Waals surface area contributed by atoms with E-state index in [-0.39, 0.29) is 18.1 Å². The molecule has 1 heterocycles. The Morgan fingerprint density at radius 1 is 1.32 bits per heavy atom. The van der Waals surface area contributed by atoms with Crippen molar-refractivity contribution in [1.82, 2.24) is 10.3 Å². The smallest absolute Gasteiger partial charge is 0.137 e. The maximum atomic E-state index is 9.49. The molecule has 0 radical (unpaired) electrons. The summed E-state index contributed by atoms with van der Waals surface area (Å²) >= 11 is 0. The molecule has 0 unspecified atom stereocenters. The number of nitrogens with one attached hydrogen (secondary N) is 1. The van der Waals surface area contributed by atoms with Crippen molar-refractivity contribution in [3.05, 3.63) is 23.5 Å². The van der Waals surface area contributed by atoms with Crippen LogP contribution in [0.25, 0.3) is 0 Å². The lowest BCUT2D eigenvalue weighted by Crippen LogP contribution is -2.35. The van der Waals surface area contributed by atoms with E-state index in [0.717, 1.165) is 23.4 Å². The number of rotatable bonds is 9. The van der Waals surface area contributed by atoms with Crippen LogP contribution in [0.15, 0.2) is 12.3 Å². The quantitative estimate of drug-likeness (QED) is 0.685. The molecule has 0 aromatic carbocycles. The highest BCUT2D eigenvalue weighted by atomic mass is 16.5. The predicted molar refractivity (Wildman–Crippen MR) is 88.1 cm³/mol. The highest BCUT2D eigenvalue weighted by Crippen LogP contribution is 2.21. The molecule has 1 rings (SSSR count). The first-order chi connectivity index (χ1) is 10.4. The van der Waals surface area contributed by atoms with Gasteiger partial charge in [-0.05, 0) is 30.4 Å². The Kier molecular flexibility index (Phi) is 7.79. The number of ether oxygens (including phenoxy) is 2. The molecule has 0 fully saturated rings. The molecule has 0 aliphatic rings. The summed E-state index contributed by atoms with van der Waals surface area (Å²) < 4.78 is 10.5. The monoisotopic (exact) mass is 310 g/mol. The van der Waals surface area contributed by atoms with Crippen molar-refractivity contribution in [3.8, 4) is 5.75 Å². The Balaban J connectivity index is 2.55. The van der Waals surface area contributed by atoms with Crippen LogP contribution in [0.2, 0.25) is 0 Å². The lowest BCUT2D eigenvalue weighted by molar-refractivity contribution is 0.146. The van der Waals surface area contributed by atoms with Crippen LogP contribution in [-0.4, -0.2) is 43.1 Å². The molecular weight excluding hydrogens is 280 g/mol. The predicted octanol–water partition coefficient (Wildman–Crippen LogP) is 2.30. The van der Waals surface area contributed by atoms with Gasteiger partial charge >= 0.3 is 0 Å². The second-order valence-electron chi connectivity index (χ2n) is 6.80. The molecule has 0 saturated carbocycles. The van der Waals surface area contributed by atoms with Crippen LogP contribution in [0.5, 0.6) is 5.75 Å². The average molecular weight is 310 g/mol. The van der Waals surface area contributed by atoms with Crippen molar-refractivity contribution in [2.24, 2.45) is 5.41 Å². The fourth-order valence-electron chi connectivity index (χ4n) is 2.27. The number of aryl methyl sites for hydroxylation is 1.